The van der Waals surface area contributed by atoms with Crippen molar-refractivity contribution in [1.29, 1.82) is 0 Å². The Balaban J connectivity index is 0.000000180. The van der Waals surface area contributed by atoms with E-state index in [2.05, 4.69) is 10.6 Å². The van der Waals surface area contributed by atoms with Crippen LogP contribution in [-0.4, -0.2) is 63.3 Å². The minimum Gasteiger partial charge on any atom is -0.480 e. The molecule has 0 aliphatic carbocycles. The fraction of sp³-hybridized carbons (Fsp3) is 0.800. The average Bonchev–Trinajstić information content (AvgIpc) is 2.87. The van der Waals surface area contributed by atoms with E-state index in [0.29, 0.717) is 25.8 Å². The second-order valence-electron chi connectivity index (χ2n) is 4.28. The molecule has 0 radical (unpaired) electrons. The van der Waals surface area contributed by atoms with Gasteiger partial charge < -0.3 is 25.7 Å². The zero-order chi connectivity index (χ0) is 13.7. The van der Waals surface area contributed by atoms with E-state index in [-0.39, 0.29) is 0 Å². The van der Waals surface area contributed by atoms with Crippen molar-refractivity contribution in [3.8, 4) is 0 Å². The minimum absolute atomic E-state index is 0.524. The molecule has 2 saturated heterocycles. The molecule has 0 aromatic heterocycles. The van der Waals surface area contributed by atoms with Gasteiger partial charge in [-0.3, -0.25) is 14.9 Å². The van der Waals surface area contributed by atoms with Gasteiger partial charge in [0.25, 0.3) is 0 Å². The lowest BCUT2D eigenvalue weighted by Crippen LogP contribution is -2.38. The Bertz CT molecular complexity index is 311. The Labute approximate surface area is 104 Å². The SMILES string of the molecule is O=C(O)[C@@H]1CCC(O)N1.O=C(O)[C@H]1NCCC1O. The fourth-order valence-electron chi connectivity index (χ4n) is 1.86. The number of aliphatic carboxylic acids is 2. The molecule has 2 unspecified atom stereocenters. The van der Waals surface area contributed by atoms with Gasteiger partial charge in [-0.05, 0) is 25.8 Å². The normalized spacial score (nSPS) is 34.8. The Hall–Kier alpha value is -1.22. The van der Waals surface area contributed by atoms with Crippen molar-refractivity contribution in [3.63, 3.8) is 0 Å². The van der Waals surface area contributed by atoms with Gasteiger partial charge in [-0.1, -0.05) is 0 Å². The van der Waals surface area contributed by atoms with Gasteiger partial charge >= 0.3 is 11.9 Å². The zero-order valence-corrected chi connectivity index (χ0v) is 9.74. The third-order valence-corrected chi connectivity index (χ3v) is 2.88. The van der Waals surface area contributed by atoms with E-state index in [1.54, 1.807) is 0 Å². The van der Waals surface area contributed by atoms with Gasteiger partial charge in [0.05, 0.1) is 6.10 Å². The number of carbonyl (C=O) groups is 2. The third kappa shape index (κ3) is 4.22. The average molecular weight is 262 g/mol. The molecule has 0 aromatic rings. The maximum Gasteiger partial charge on any atom is 0.323 e. The van der Waals surface area contributed by atoms with E-state index in [4.69, 9.17) is 20.4 Å². The molecular weight excluding hydrogens is 244 g/mol. The highest BCUT2D eigenvalue weighted by Gasteiger charge is 2.30. The fourth-order valence-corrected chi connectivity index (χ4v) is 1.86. The Morgan fingerprint density at radius 3 is 1.89 bits per heavy atom. The van der Waals surface area contributed by atoms with Gasteiger partial charge in [0.2, 0.25) is 0 Å². The first-order valence-electron chi connectivity index (χ1n) is 5.73. The molecule has 8 heteroatoms. The number of nitrogens with one attached hydrogen (secondary N) is 2. The predicted octanol–water partition coefficient (Wildman–Crippen LogP) is -2.06. The summed E-state index contributed by atoms with van der Waals surface area (Å²) in [4.78, 5) is 20.4. The van der Waals surface area contributed by atoms with Crippen LogP contribution in [0.25, 0.3) is 0 Å². The van der Waals surface area contributed by atoms with Crippen LogP contribution in [0.4, 0.5) is 0 Å². The highest BCUT2D eigenvalue weighted by molar-refractivity contribution is 5.74. The number of carboxylic acids is 2. The summed E-state index contributed by atoms with van der Waals surface area (Å²) in [5.74, 6) is -1.86. The maximum absolute atomic E-state index is 10.2. The molecule has 2 rings (SSSR count). The quantitative estimate of drug-likeness (QED) is 0.334. The first-order valence-corrected chi connectivity index (χ1v) is 5.73. The van der Waals surface area contributed by atoms with Gasteiger partial charge in [-0.2, -0.15) is 0 Å². The van der Waals surface area contributed by atoms with Crippen LogP contribution in [0, 0.1) is 0 Å². The van der Waals surface area contributed by atoms with E-state index in [0.717, 1.165) is 0 Å². The highest BCUT2D eigenvalue weighted by atomic mass is 16.4. The van der Waals surface area contributed by atoms with Crippen molar-refractivity contribution in [2.24, 2.45) is 0 Å². The number of hydrogen-bond donors (Lipinski definition) is 6. The number of aliphatic hydroxyl groups excluding tert-OH is 2. The lowest BCUT2D eigenvalue weighted by molar-refractivity contribution is -0.141. The third-order valence-electron chi connectivity index (χ3n) is 2.88. The molecule has 2 fully saturated rings. The van der Waals surface area contributed by atoms with Gasteiger partial charge in [0.1, 0.15) is 18.3 Å². The summed E-state index contributed by atoms with van der Waals surface area (Å²) in [6.45, 7) is 0.595. The Morgan fingerprint density at radius 1 is 1.00 bits per heavy atom. The summed E-state index contributed by atoms with van der Waals surface area (Å²) >= 11 is 0. The minimum atomic E-state index is -0.972. The molecule has 0 amide bonds. The van der Waals surface area contributed by atoms with Crippen LogP contribution in [0.3, 0.4) is 0 Å². The summed E-state index contributed by atoms with van der Waals surface area (Å²) in [6, 6.07) is -1.29. The van der Waals surface area contributed by atoms with Crippen molar-refractivity contribution >= 4 is 11.9 Å². The molecule has 0 saturated carbocycles. The topological polar surface area (TPSA) is 139 Å². The van der Waals surface area contributed by atoms with Gasteiger partial charge in [0, 0.05) is 0 Å². The summed E-state index contributed by atoms with van der Waals surface area (Å²) in [5.41, 5.74) is 0. The maximum atomic E-state index is 10.2. The number of hydrogen-bond acceptors (Lipinski definition) is 6. The first-order chi connectivity index (χ1) is 8.41. The second kappa shape index (κ2) is 6.64. The molecule has 6 N–H and O–H groups in total. The Kier molecular flexibility index (Phi) is 5.48. The smallest absolute Gasteiger partial charge is 0.323 e. The number of rotatable bonds is 2. The van der Waals surface area contributed by atoms with Crippen molar-refractivity contribution < 1.29 is 30.0 Å². The van der Waals surface area contributed by atoms with Crippen LogP contribution < -0.4 is 10.6 Å². The molecule has 0 aromatic carbocycles. The monoisotopic (exact) mass is 262 g/mol. The van der Waals surface area contributed by atoms with E-state index in [9.17, 15) is 9.59 Å². The van der Waals surface area contributed by atoms with Crippen molar-refractivity contribution in [1.82, 2.24) is 10.6 Å². The van der Waals surface area contributed by atoms with E-state index in [1.165, 1.54) is 0 Å². The molecule has 18 heavy (non-hydrogen) atoms. The van der Waals surface area contributed by atoms with Crippen LogP contribution in [-0.2, 0) is 9.59 Å². The van der Waals surface area contributed by atoms with Crippen LogP contribution in [0.2, 0.25) is 0 Å². The lowest BCUT2D eigenvalue weighted by atomic mass is 10.2. The van der Waals surface area contributed by atoms with Crippen molar-refractivity contribution in [2.75, 3.05) is 6.54 Å². The zero-order valence-electron chi connectivity index (χ0n) is 9.74. The van der Waals surface area contributed by atoms with E-state index in [1.807, 2.05) is 0 Å². The van der Waals surface area contributed by atoms with Crippen molar-refractivity contribution in [2.45, 2.75) is 43.7 Å². The summed E-state index contributed by atoms with van der Waals surface area (Å²) in [7, 11) is 0. The number of carboxylic acid groups (broad SMARTS) is 2. The summed E-state index contributed by atoms with van der Waals surface area (Å²) in [6.07, 6.45) is 0.276. The lowest BCUT2D eigenvalue weighted by Gasteiger charge is -2.06. The van der Waals surface area contributed by atoms with Crippen molar-refractivity contribution in [3.05, 3.63) is 0 Å². The summed E-state index contributed by atoms with van der Waals surface area (Å²) in [5, 5.41) is 39.6. The van der Waals surface area contributed by atoms with Crippen LogP contribution in [0.15, 0.2) is 0 Å². The van der Waals surface area contributed by atoms with Gasteiger partial charge in [0.15, 0.2) is 0 Å². The van der Waals surface area contributed by atoms with Gasteiger partial charge in [-0.25, -0.2) is 0 Å². The molecule has 8 nitrogen and oxygen atoms in total. The van der Waals surface area contributed by atoms with Gasteiger partial charge in [-0.15, -0.1) is 0 Å². The molecule has 2 heterocycles. The molecule has 2 aliphatic rings. The highest BCUT2D eigenvalue weighted by Crippen LogP contribution is 2.09. The molecule has 2 aliphatic heterocycles. The largest absolute Gasteiger partial charge is 0.480 e. The number of aliphatic hydroxyl groups is 2. The molecular formula is C10H18N2O6. The Morgan fingerprint density at radius 2 is 1.67 bits per heavy atom. The van der Waals surface area contributed by atoms with Crippen LogP contribution >= 0.6 is 0 Å². The molecule has 0 spiro atoms. The first kappa shape index (κ1) is 14.8. The predicted molar refractivity (Wildman–Crippen MR) is 59.9 cm³/mol. The van der Waals surface area contributed by atoms with Crippen LogP contribution in [0.1, 0.15) is 19.3 Å². The van der Waals surface area contributed by atoms with E-state index < -0.39 is 36.4 Å². The molecule has 0 bridgehead atoms. The van der Waals surface area contributed by atoms with E-state index >= 15 is 0 Å². The standard InChI is InChI=1S/2C5H9NO3/c7-3-1-2-6-4(3)5(8)9;7-4-2-1-3(6-4)5(8)9/h2*3-4,6-7H,1-2H2,(H,8,9)/t3?,4-;3-,4?/m00/s1. The molecule has 4 atom stereocenters. The second-order valence-corrected chi connectivity index (χ2v) is 4.28. The molecule has 104 valence electrons. The summed E-state index contributed by atoms with van der Waals surface area (Å²) < 4.78 is 0. The van der Waals surface area contributed by atoms with Crippen LogP contribution in [0.5, 0.6) is 0 Å².